The molecule has 2 fully saturated rings. The summed E-state index contributed by atoms with van der Waals surface area (Å²) >= 11 is 0. The Bertz CT molecular complexity index is 1110. The summed E-state index contributed by atoms with van der Waals surface area (Å²) in [6.45, 7) is 7.89. The van der Waals surface area contributed by atoms with E-state index >= 15 is 0 Å². The van der Waals surface area contributed by atoms with Crippen LogP contribution in [0.15, 0.2) is 84.9 Å². The summed E-state index contributed by atoms with van der Waals surface area (Å²) in [7, 11) is 1.75. The number of hydrogen-bond acceptors (Lipinski definition) is 5. The zero-order valence-electron chi connectivity index (χ0n) is 21.6. The lowest BCUT2D eigenvalue weighted by molar-refractivity contribution is -0.119. The van der Waals surface area contributed by atoms with Gasteiger partial charge in [-0.05, 0) is 30.2 Å². The second kappa shape index (κ2) is 11.1. The number of likely N-dealkylation sites (tertiary alicyclic amines) is 1. The van der Waals surface area contributed by atoms with Crippen LogP contribution >= 0.6 is 0 Å². The minimum absolute atomic E-state index is 0.188. The molecule has 0 bridgehead atoms. The third-order valence-corrected chi connectivity index (χ3v) is 8.13. The number of hydrogen-bond donors (Lipinski definition) is 1. The fraction of sp³-hybridized carbons (Fsp3) is 0.419. The molecule has 36 heavy (non-hydrogen) atoms. The van der Waals surface area contributed by atoms with Crippen LogP contribution in [0, 0.1) is 0 Å². The smallest absolute Gasteiger partial charge is 0.123 e. The Morgan fingerprint density at radius 1 is 0.889 bits per heavy atom. The Hall–Kier alpha value is -2.70. The van der Waals surface area contributed by atoms with E-state index in [4.69, 9.17) is 4.74 Å². The molecule has 2 saturated heterocycles. The molecule has 0 spiro atoms. The molecule has 1 N–H and O–H groups in total. The van der Waals surface area contributed by atoms with Gasteiger partial charge in [-0.15, -0.1) is 0 Å². The van der Waals surface area contributed by atoms with Crippen LogP contribution in [0.3, 0.4) is 0 Å². The number of benzene rings is 3. The van der Waals surface area contributed by atoms with Crippen molar-refractivity contribution in [1.29, 1.82) is 0 Å². The fourth-order valence-corrected chi connectivity index (χ4v) is 6.12. The monoisotopic (exact) mass is 485 g/mol. The van der Waals surface area contributed by atoms with Crippen LogP contribution < -0.4 is 4.74 Å². The molecule has 3 aromatic rings. The maximum atomic E-state index is 11.8. The molecule has 0 aromatic heterocycles. The molecular weight excluding hydrogens is 446 g/mol. The number of rotatable bonds is 7. The van der Waals surface area contributed by atoms with Crippen molar-refractivity contribution in [3.05, 3.63) is 102 Å². The third-order valence-electron chi connectivity index (χ3n) is 8.13. The highest BCUT2D eigenvalue weighted by atomic mass is 16.5. The molecule has 2 heterocycles. The molecule has 0 saturated carbocycles. The van der Waals surface area contributed by atoms with Crippen molar-refractivity contribution in [3.63, 3.8) is 0 Å². The Kier molecular flexibility index (Phi) is 7.73. The number of para-hydroxylation sites is 1. The van der Waals surface area contributed by atoms with E-state index in [2.05, 4.69) is 76.2 Å². The highest BCUT2D eigenvalue weighted by Gasteiger charge is 2.44. The molecule has 5 rings (SSSR count). The molecule has 0 amide bonds. The van der Waals surface area contributed by atoms with E-state index in [0.717, 1.165) is 63.4 Å². The van der Waals surface area contributed by atoms with Gasteiger partial charge in [0.1, 0.15) is 5.75 Å². The van der Waals surface area contributed by atoms with E-state index in [1.165, 1.54) is 11.1 Å². The molecular formula is C31H39N3O2. The lowest BCUT2D eigenvalue weighted by Gasteiger charge is -2.53. The van der Waals surface area contributed by atoms with Gasteiger partial charge in [0.25, 0.3) is 0 Å². The van der Waals surface area contributed by atoms with Gasteiger partial charge in [0.15, 0.2) is 0 Å². The van der Waals surface area contributed by atoms with Crippen molar-refractivity contribution < 1.29 is 9.84 Å². The summed E-state index contributed by atoms with van der Waals surface area (Å²) in [5.41, 5.74) is 2.81. The molecule has 3 unspecified atom stereocenters. The van der Waals surface area contributed by atoms with Crippen molar-refractivity contribution in [1.82, 2.24) is 14.7 Å². The van der Waals surface area contributed by atoms with E-state index < -0.39 is 5.60 Å². The summed E-state index contributed by atoms with van der Waals surface area (Å²) in [5.74, 6) is 0.952. The minimum atomic E-state index is -0.798. The number of aliphatic hydroxyl groups is 1. The Morgan fingerprint density at radius 3 is 2.31 bits per heavy atom. The van der Waals surface area contributed by atoms with Gasteiger partial charge < -0.3 is 9.84 Å². The van der Waals surface area contributed by atoms with Crippen LogP contribution in [0.25, 0.3) is 0 Å². The van der Waals surface area contributed by atoms with Crippen molar-refractivity contribution in [3.8, 4) is 5.75 Å². The molecule has 5 heteroatoms. The van der Waals surface area contributed by atoms with Gasteiger partial charge in [-0.3, -0.25) is 14.7 Å². The second-order valence-electron chi connectivity index (χ2n) is 10.2. The van der Waals surface area contributed by atoms with Crippen molar-refractivity contribution in [2.75, 3.05) is 39.8 Å². The number of piperidine rings is 1. The molecule has 2 aliphatic rings. The molecule has 0 radical (unpaired) electrons. The van der Waals surface area contributed by atoms with Crippen molar-refractivity contribution >= 4 is 0 Å². The van der Waals surface area contributed by atoms with Crippen LogP contribution in [-0.2, 0) is 12.1 Å². The first kappa shape index (κ1) is 25.0. The standard InChI is InChI=1S/C31H39N3O2/c1-3-33-19-18-31(35,27-15-8-5-9-16-27)22-30(33)34-21-20-32(23-26-14-10-11-17-29(26)36-2)24-28(34)25-12-6-4-7-13-25/h4-17,28,30,35H,3,18-24H2,1-2H3. The second-order valence-corrected chi connectivity index (χ2v) is 10.2. The first-order valence-electron chi connectivity index (χ1n) is 13.3. The van der Waals surface area contributed by atoms with Crippen LogP contribution in [0.4, 0.5) is 0 Å². The van der Waals surface area contributed by atoms with E-state index in [9.17, 15) is 5.11 Å². The molecule has 3 aromatic carbocycles. The highest BCUT2D eigenvalue weighted by molar-refractivity contribution is 5.33. The summed E-state index contributed by atoms with van der Waals surface area (Å²) in [6, 6.07) is 29.8. The Balaban J connectivity index is 1.42. The van der Waals surface area contributed by atoms with Gasteiger partial charge in [0.05, 0.1) is 18.9 Å². The van der Waals surface area contributed by atoms with E-state index in [1.54, 1.807) is 7.11 Å². The predicted octanol–water partition coefficient (Wildman–Crippen LogP) is 4.88. The van der Waals surface area contributed by atoms with E-state index in [0.29, 0.717) is 0 Å². The Labute approximate surface area is 215 Å². The van der Waals surface area contributed by atoms with Crippen LogP contribution in [-0.4, -0.2) is 65.8 Å². The average molecular weight is 486 g/mol. The summed E-state index contributed by atoms with van der Waals surface area (Å²) < 4.78 is 5.64. The first-order chi connectivity index (χ1) is 17.6. The number of piperazine rings is 1. The molecule has 3 atom stereocenters. The zero-order valence-corrected chi connectivity index (χ0v) is 21.6. The maximum absolute atomic E-state index is 11.8. The van der Waals surface area contributed by atoms with Gasteiger partial charge in [-0.1, -0.05) is 85.8 Å². The quantitative estimate of drug-likeness (QED) is 0.516. The van der Waals surface area contributed by atoms with Crippen LogP contribution in [0.1, 0.15) is 42.5 Å². The number of methoxy groups -OCH3 is 1. The van der Waals surface area contributed by atoms with Gasteiger partial charge in [0.2, 0.25) is 0 Å². The molecule has 5 nitrogen and oxygen atoms in total. The van der Waals surface area contributed by atoms with Crippen LogP contribution in [0.2, 0.25) is 0 Å². The van der Waals surface area contributed by atoms with Crippen molar-refractivity contribution in [2.24, 2.45) is 0 Å². The van der Waals surface area contributed by atoms with E-state index in [-0.39, 0.29) is 12.2 Å². The Morgan fingerprint density at radius 2 is 1.58 bits per heavy atom. The third kappa shape index (κ3) is 5.21. The largest absolute Gasteiger partial charge is 0.496 e. The summed E-state index contributed by atoms with van der Waals surface area (Å²) in [6.07, 6.45) is 1.68. The predicted molar refractivity (Wildman–Crippen MR) is 145 cm³/mol. The molecule has 2 aliphatic heterocycles. The highest BCUT2D eigenvalue weighted by Crippen LogP contribution is 2.40. The number of nitrogens with zero attached hydrogens (tertiary/aromatic N) is 3. The van der Waals surface area contributed by atoms with Gasteiger partial charge in [-0.25, -0.2) is 0 Å². The lowest BCUT2D eigenvalue weighted by atomic mass is 9.82. The summed E-state index contributed by atoms with van der Waals surface area (Å²) in [4.78, 5) is 7.77. The molecule has 0 aliphatic carbocycles. The van der Waals surface area contributed by atoms with Gasteiger partial charge >= 0.3 is 0 Å². The van der Waals surface area contributed by atoms with Gasteiger partial charge in [-0.2, -0.15) is 0 Å². The topological polar surface area (TPSA) is 39.2 Å². The fourth-order valence-electron chi connectivity index (χ4n) is 6.12. The van der Waals surface area contributed by atoms with Crippen LogP contribution in [0.5, 0.6) is 5.75 Å². The minimum Gasteiger partial charge on any atom is -0.496 e. The zero-order chi connectivity index (χ0) is 25.0. The normalized spacial score (nSPS) is 26.1. The lowest BCUT2D eigenvalue weighted by Crippen LogP contribution is -2.61. The average Bonchev–Trinajstić information content (AvgIpc) is 2.94. The van der Waals surface area contributed by atoms with E-state index in [1.807, 2.05) is 30.3 Å². The first-order valence-corrected chi connectivity index (χ1v) is 13.3. The van der Waals surface area contributed by atoms with Gasteiger partial charge in [0, 0.05) is 50.7 Å². The number of ether oxygens (including phenoxy) is 1. The van der Waals surface area contributed by atoms with Crippen molar-refractivity contribution in [2.45, 2.75) is 44.1 Å². The maximum Gasteiger partial charge on any atom is 0.123 e. The summed E-state index contributed by atoms with van der Waals surface area (Å²) in [5, 5.41) is 11.8. The SMILES string of the molecule is CCN1CCC(O)(c2ccccc2)CC1N1CCN(Cc2ccccc2OC)CC1c1ccccc1. The molecule has 190 valence electrons.